The molecule has 1 N–H and O–H groups in total. The van der Waals surface area contributed by atoms with Gasteiger partial charge in [-0.2, -0.15) is 0 Å². The Morgan fingerprint density at radius 1 is 1.00 bits per heavy atom. The summed E-state index contributed by atoms with van der Waals surface area (Å²) < 4.78 is 9.39. The molecule has 2 aromatic rings. The summed E-state index contributed by atoms with van der Waals surface area (Å²) in [5.74, 6) is -2.05. The monoisotopic (exact) mass is 358 g/mol. The first-order valence-corrected chi connectivity index (χ1v) is 7.31. The number of esters is 2. The van der Waals surface area contributed by atoms with Crippen LogP contribution in [0.25, 0.3) is 0 Å². The Kier molecular flexibility index (Phi) is 5.99. The number of carbonyl (C=O) groups excluding carboxylic acids is 3. The number of hydrogen-bond acceptors (Lipinski definition) is 7. The Balaban J connectivity index is 1.94. The van der Waals surface area contributed by atoms with Crippen LogP contribution in [0.4, 0.5) is 11.4 Å². The van der Waals surface area contributed by atoms with Gasteiger partial charge in [0, 0.05) is 6.07 Å². The summed E-state index contributed by atoms with van der Waals surface area (Å²) in [5.41, 5.74) is 0.126. The SMILES string of the molecule is COC(=O)c1ccc(C(=O)OCC(=O)Nc2ccccc2[N+](=O)[O-])cc1. The fourth-order valence-corrected chi connectivity index (χ4v) is 2.00. The molecule has 0 aromatic heterocycles. The van der Waals surface area contributed by atoms with E-state index in [0.29, 0.717) is 0 Å². The number of benzene rings is 2. The lowest BCUT2D eigenvalue weighted by molar-refractivity contribution is -0.383. The summed E-state index contributed by atoms with van der Waals surface area (Å²) in [6, 6.07) is 11.1. The summed E-state index contributed by atoms with van der Waals surface area (Å²) >= 11 is 0. The van der Waals surface area contributed by atoms with Crippen molar-refractivity contribution in [3.8, 4) is 0 Å². The molecule has 0 saturated carbocycles. The van der Waals surface area contributed by atoms with Crippen molar-refractivity contribution >= 4 is 29.2 Å². The van der Waals surface area contributed by atoms with Gasteiger partial charge in [0.1, 0.15) is 5.69 Å². The first kappa shape index (κ1) is 18.6. The van der Waals surface area contributed by atoms with E-state index in [1.165, 1.54) is 55.6 Å². The van der Waals surface area contributed by atoms with Gasteiger partial charge in [-0.1, -0.05) is 12.1 Å². The number of nitro benzene ring substituents is 1. The molecule has 0 bridgehead atoms. The normalized spacial score (nSPS) is 9.88. The highest BCUT2D eigenvalue weighted by atomic mass is 16.6. The third kappa shape index (κ3) is 4.63. The molecular weight excluding hydrogens is 344 g/mol. The number of methoxy groups -OCH3 is 1. The van der Waals surface area contributed by atoms with E-state index >= 15 is 0 Å². The standard InChI is InChI=1S/C17H14N2O7/c1-25-16(21)11-6-8-12(9-7-11)17(22)26-10-15(20)18-13-4-2-3-5-14(13)19(23)24/h2-9H,10H2,1H3,(H,18,20). The van der Waals surface area contributed by atoms with Crippen LogP contribution in [0, 0.1) is 10.1 Å². The molecule has 2 rings (SSSR count). The van der Waals surface area contributed by atoms with Gasteiger partial charge in [-0.25, -0.2) is 9.59 Å². The van der Waals surface area contributed by atoms with Crippen molar-refractivity contribution in [1.82, 2.24) is 0 Å². The predicted molar refractivity (Wildman–Crippen MR) is 89.8 cm³/mol. The van der Waals surface area contributed by atoms with Crippen LogP contribution in [-0.4, -0.2) is 36.5 Å². The number of rotatable bonds is 6. The fourth-order valence-electron chi connectivity index (χ4n) is 2.00. The number of nitrogens with zero attached hydrogens (tertiary/aromatic N) is 1. The highest BCUT2D eigenvalue weighted by Crippen LogP contribution is 2.22. The average molecular weight is 358 g/mol. The molecule has 1 amide bonds. The van der Waals surface area contributed by atoms with Crippen LogP contribution < -0.4 is 5.32 Å². The van der Waals surface area contributed by atoms with Crippen LogP contribution in [-0.2, 0) is 14.3 Å². The minimum Gasteiger partial charge on any atom is -0.465 e. The van der Waals surface area contributed by atoms with Crippen molar-refractivity contribution in [2.24, 2.45) is 0 Å². The Bertz CT molecular complexity index is 846. The summed E-state index contributed by atoms with van der Waals surface area (Å²) in [5, 5.41) is 13.2. The molecule has 0 spiro atoms. The first-order valence-electron chi connectivity index (χ1n) is 7.31. The third-order valence-corrected chi connectivity index (χ3v) is 3.25. The molecule has 134 valence electrons. The maximum atomic E-state index is 11.9. The van der Waals surface area contributed by atoms with Gasteiger partial charge >= 0.3 is 11.9 Å². The lowest BCUT2D eigenvalue weighted by Gasteiger charge is -2.07. The zero-order valence-electron chi connectivity index (χ0n) is 13.6. The van der Waals surface area contributed by atoms with Crippen LogP contribution in [0.2, 0.25) is 0 Å². The predicted octanol–water partition coefficient (Wildman–Crippen LogP) is 2.18. The number of para-hydroxylation sites is 2. The molecule has 26 heavy (non-hydrogen) atoms. The number of anilines is 1. The van der Waals surface area contributed by atoms with Crippen LogP contribution in [0.5, 0.6) is 0 Å². The van der Waals surface area contributed by atoms with Crippen LogP contribution in [0.1, 0.15) is 20.7 Å². The van der Waals surface area contributed by atoms with E-state index in [9.17, 15) is 24.5 Å². The average Bonchev–Trinajstić information content (AvgIpc) is 2.65. The largest absolute Gasteiger partial charge is 0.465 e. The van der Waals surface area contributed by atoms with Crippen LogP contribution in [0.15, 0.2) is 48.5 Å². The maximum absolute atomic E-state index is 11.9. The third-order valence-electron chi connectivity index (χ3n) is 3.25. The van der Waals surface area contributed by atoms with E-state index in [1.807, 2.05) is 0 Å². The molecule has 0 fully saturated rings. The number of amides is 1. The highest BCUT2D eigenvalue weighted by Gasteiger charge is 2.16. The second-order valence-corrected chi connectivity index (χ2v) is 4.97. The summed E-state index contributed by atoms with van der Waals surface area (Å²) in [6.45, 7) is -0.621. The van der Waals surface area contributed by atoms with Gasteiger partial charge in [0.2, 0.25) is 0 Å². The molecule has 9 nitrogen and oxygen atoms in total. The molecule has 0 aliphatic rings. The fraction of sp³-hybridized carbons (Fsp3) is 0.118. The second-order valence-electron chi connectivity index (χ2n) is 4.97. The molecule has 0 radical (unpaired) electrons. The van der Waals surface area contributed by atoms with Crippen molar-refractivity contribution in [3.05, 3.63) is 69.8 Å². The molecule has 2 aromatic carbocycles. The molecule has 0 saturated heterocycles. The minimum atomic E-state index is -0.779. The van der Waals surface area contributed by atoms with Gasteiger partial charge < -0.3 is 14.8 Å². The van der Waals surface area contributed by atoms with E-state index in [-0.39, 0.29) is 22.5 Å². The Labute approximate surface area is 147 Å². The van der Waals surface area contributed by atoms with Crippen molar-refractivity contribution in [2.45, 2.75) is 0 Å². The first-order chi connectivity index (χ1) is 12.4. The topological polar surface area (TPSA) is 125 Å². The molecule has 9 heteroatoms. The minimum absolute atomic E-state index is 0.000907. The van der Waals surface area contributed by atoms with Crippen molar-refractivity contribution in [3.63, 3.8) is 0 Å². The van der Waals surface area contributed by atoms with E-state index in [0.717, 1.165) is 0 Å². The summed E-state index contributed by atoms with van der Waals surface area (Å²) in [7, 11) is 1.24. The number of ether oxygens (including phenoxy) is 2. The molecular formula is C17H14N2O7. The lowest BCUT2D eigenvalue weighted by Crippen LogP contribution is -2.21. The number of nitro groups is 1. The second kappa shape index (κ2) is 8.38. The van der Waals surface area contributed by atoms with Crippen molar-refractivity contribution < 1.29 is 28.8 Å². The van der Waals surface area contributed by atoms with E-state index < -0.39 is 29.4 Å². The van der Waals surface area contributed by atoms with Gasteiger partial charge in [0.05, 0.1) is 23.2 Å². The highest BCUT2D eigenvalue weighted by molar-refractivity contribution is 5.97. The van der Waals surface area contributed by atoms with Crippen molar-refractivity contribution in [2.75, 3.05) is 19.0 Å². The van der Waals surface area contributed by atoms with Crippen LogP contribution in [0.3, 0.4) is 0 Å². The number of carbonyl (C=O) groups is 3. The molecule has 0 aliphatic heterocycles. The van der Waals surface area contributed by atoms with Gasteiger partial charge in [-0.05, 0) is 30.3 Å². The van der Waals surface area contributed by atoms with Gasteiger partial charge in [-0.3, -0.25) is 14.9 Å². The quantitative estimate of drug-likeness (QED) is 0.476. The van der Waals surface area contributed by atoms with Gasteiger partial charge in [-0.15, -0.1) is 0 Å². The Morgan fingerprint density at radius 3 is 2.15 bits per heavy atom. The zero-order valence-corrected chi connectivity index (χ0v) is 13.6. The Morgan fingerprint density at radius 2 is 1.58 bits per heavy atom. The van der Waals surface area contributed by atoms with E-state index in [4.69, 9.17) is 4.74 Å². The van der Waals surface area contributed by atoms with Crippen molar-refractivity contribution in [1.29, 1.82) is 0 Å². The molecule has 0 unspecified atom stereocenters. The van der Waals surface area contributed by atoms with E-state index in [1.54, 1.807) is 0 Å². The molecule has 0 aliphatic carbocycles. The van der Waals surface area contributed by atoms with Gasteiger partial charge in [0.25, 0.3) is 11.6 Å². The number of nitrogens with one attached hydrogen (secondary N) is 1. The smallest absolute Gasteiger partial charge is 0.338 e. The summed E-state index contributed by atoms with van der Waals surface area (Å²) in [4.78, 5) is 45.3. The molecule has 0 atom stereocenters. The van der Waals surface area contributed by atoms with Gasteiger partial charge in [0.15, 0.2) is 6.61 Å². The molecule has 0 heterocycles. The zero-order chi connectivity index (χ0) is 19.1. The van der Waals surface area contributed by atoms with Crippen LogP contribution >= 0.6 is 0 Å². The summed E-state index contributed by atoms with van der Waals surface area (Å²) in [6.07, 6.45) is 0. The lowest BCUT2D eigenvalue weighted by atomic mass is 10.1. The Hall–Kier alpha value is -3.75. The number of hydrogen-bond donors (Lipinski definition) is 1. The van der Waals surface area contributed by atoms with E-state index in [2.05, 4.69) is 10.1 Å². The maximum Gasteiger partial charge on any atom is 0.338 e.